The second-order valence-corrected chi connectivity index (χ2v) is 12.7. The summed E-state index contributed by atoms with van der Waals surface area (Å²) in [5.41, 5.74) is -0.211. The molecule has 0 spiro atoms. The van der Waals surface area contributed by atoms with E-state index in [1.807, 2.05) is 25.7 Å². The van der Waals surface area contributed by atoms with Crippen LogP contribution in [0.2, 0.25) is 5.15 Å². The van der Waals surface area contributed by atoms with Gasteiger partial charge in [-0.3, -0.25) is 4.90 Å². The van der Waals surface area contributed by atoms with Crippen molar-refractivity contribution in [3.05, 3.63) is 22.9 Å². The summed E-state index contributed by atoms with van der Waals surface area (Å²) >= 11 is 6.02. The quantitative estimate of drug-likeness (QED) is 0.471. The molecule has 4 atom stereocenters. The van der Waals surface area contributed by atoms with Gasteiger partial charge in [0.15, 0.2) is 11.0 Å². The molecule has 0 aromatic carbocycles. The van der Waals surface area contributed by atoms with Crippen LogP contribution in [0.4, 0.5) is 13.6 Å². The molecular formula is C27H34ClF2N5O3. The molecule has 0 N–H and O–H groups in total. The van der Waals surface area contributed by atoms with Crippen molar-refractivity contribution in [3.8, 4) is 6.01 Å². The average molecular weight is 550 g/mol. The second-order valence-electron chi connectivity index (χ2n) is 12.3. The monoisotopic (exact) mass is 549 g/mol. The summed E-state index contributed by atoms with van der Waals surface area (Å²) in [4.78, 5) is 30.2. The summed E-state index contributed by atoms with van der Waals surface area (Å²) < 4.78 is 41.2. The molecule has 11 heteroatoms. The third-order valence-corrected chi connectivity index (χ3v) is 8.87. The molecule has 6 rings (SSSR count). The van der Waals surface area contributed by atoms with Crippen LogP contribution in [0.3, 0.4) is 0 Å². The van der Waals surface area contributed by atoms with Crippen molar-refractivity contribution < 1.29 is 23.0 Å². The van der Waals surface area contributed by atoms with E-state index in [4.69, 9.17) is 26.1 Å². The number of carbonyl (C=O) groups excluding carboxylic acids is 1. The normalized spacial score (nSPS) is 31.2. The fraction of sp³-hybridized carbons (Fsp3) is 0.704. The summed E-state index contributed by atoms with van der Waals surface area (Å²) in [6.45, 7) is 7.12. The number of hydrogen-bond acceptors (Lipinski definition) is 7. The Morgan fingerprint density at radius 1 is 1.24 bits per heavy atom. The maximum absolute atomic E-state index is 15.2. The average Bonchev–Trinajstić information content (AvgIpc) is 3.46. The SMILES string of the molecule is CC(C)(C)OC(=O)N1C2CCC1CC(c1nc(OC[C@@]34CCCN3C[C@H](F)C4)nc3c(F)c(Cl)ncc13)C2. The second kappa shape index (κ2) is 9.40. The Morgan fingerprint density at radius 3 is 2.68 bits per heavy atom. The molecule has 4 fully saturated rings. The summed E-state index contributed by atoms with van der Waals surface area (Å²) in [5.74, 6) is -0.749. The number of fused-ring (bicyclic) bond motifs is 4. The van der Waals surface area contributed by atoms with Gasteiger partial charge in [0, 0.05) is 42.6 Å². The smallest absolute Gasteiger partial charge is 0.410 e. The number of piperidine rings is 1. The van der Waals surface area contributed by atoms with E-state index in [0.29, 0.717) is 36.9 Å². The number of alkyl halides is 1. The Hall–Kier alpha value is -2.33. The first-order valence-corrected chi connectivity index (χ1v) is 14.0. The lowest BCUT2D eigenvalue weighted by atomic mass is 9.87. The fourth-order valence-electron chi connectivity index (χ4n) is 7.07. The molecular weight excluding hydrogens is 516 g/mol. The predicted octanol–water partition coefficient (Wildman–Crippen LogP) is 5.42. The summed E-state index contributed by atoms with van der Waals surface area (Å²) in [6.07, 6.45) is 5.73. The highest BCUT2D eigenvalue weighted by Gasteiger charge is 2.50. The van der Waals surface area contributed by atoms with Crippen molar-refractivity contribution in [1.29, 1.82) is 0 Å². The molecule has 4 saturated heterocycles. The number of carbonyl (C=O) groups is 1. The summed E-state index contributed by atoms with van der Waals surface area (Å²) in [5, 5.41) is 0.240. The van der Waals surface area contributed by atoms with Gasteiger partial charge in [0.1, 0.15) is 23.9 Å². The van der Waals surface area contributed by atoms with Crippen LogP contribution < -0.4 is 4.74 Å². The standard InChI is InChI=1S/C27H34ClF2N5O3/c1-26(2,3)38-25(36)35-17-5-6-18(35)10-15(9-17)21-19-12-31-23(28)20(30)22(19)33-24(32-21)37-14-27-7-4-8-34(27)13-16(29)11-27/h12,15-18H,4-11,13-14H2,1-3H3/t15?,16-,17?,18?,27+/m1/s1. The molecule has 4 aliphatic rings. The Balaban J connectivity index is 1.30. The largest absolute Gasteiger partial charge is 0.461 e. The number of aromatic nitrogens is 3. The zero-order valence-electron chi connectivity index (χ0n) is 22.1. The van der Waals surface area contributed by atoms with E-state index in [2.05, 4.69) is 14.9 Å². The molecule has 0 saturated carbocycles. The van der Waals surface area contributed by atoms with Crippen molar-refractivity contribution in [2.45, 2.75) is 101 Å². The van der Waals surface area contributed by atoms with E-state index in [1.54, 1.807) is 0 Å². The maximum Gasteiger partial charge on any atom is 0.410 e. The van der Waals surface area contributed by atoms with E-state index in [0.717, 1.165) is 32.2 Å². The van der Waals surface area contributed by atoms with Gasteiger partial charge in [-0.05, 0) is 65.8 Å². The lowest BCUT2D eigenvalue weighted by Crippen LogP contribution is -2.48. The van der Waals surface area contributed by atoms with Crippen LogP contribution in [-0.2, 0) is 4.74 Å². The van der Waals surface area contributed by atoms with Crippen LogP contribution >= 0.6 is 11.6 Å². The Bertz CT molecular complexity index is 1250. The molecule has 2 aromatic rings. The number of rotatable bonds is 4. The van der Waals surface area contributed by atoms with Crippen LogP contribution in [0.5, 0.6) is 6.01 Å². The molecule has 1 amide bonds. The van der Waals surface area contributed by atoms with Gasteiger partial charge in [0.05, 0.1) is 11.2 Å². The van der Waals surface area contributed by atoms with Gasteiger partial charge in [-0.2, -0.15) is 9.97 Å². The first kappa shape index (κ1) is 25.9. The number of nitrogens with zero attached hydrogens (tertiary/aromatic N) is 5. The van der Waals surface area contributed by atoms with Crippen LogP contribution in [0.15, 0.2) is 6.20 Å². The van der Waals surface area contributed by atoms with Crippen molar-refractivity contribution in [1.82, 2.24) is 24.8 Å². The lowest BCUT2D eigenvalue weighted by Gasteiger charge is -2.39. The van der Waals surface area contributed by atoms with Crippen molar-refractivity contribution in [2.75, 3.05) is 19.7 Å². The van der Waals surface area contributed by atoms with Crippen LogP contribution in [0, 0.1) is 5.82 Å². The van der Waals surface area contributed by atoms with Gasteiger partial charge in [-0.25, -0.2) is 18.6 Å². The molecule has 206 valence electrons. The first-order chi connectivity index (χ1) is 18.0. The number of hydrogen-bond donors (Lipinski definition) is 0. The molecule has 0 aliphatic carbocycles. The van der Waals surface area contributed by atoms with E-state index in [-0.39, 0.29) is 52.9 Å². The van der Waals surface area contributed by atoms with E-state index in [9.17, 15) is 9.18 Å². The number of amides is 1. The topological polar surface area (TPSA) is 80.7 Å². The van der Waals surface area contributed by atoms with Crippen molar-refractivity contribution in [2.24, 2.45) is 0 Å². The number of pyridine rings is 1. The maximum atomic E-state index is 15.2. The van der Waals surface area contributed by atoms with E-state index < -0.39 is 17.6 Å². The molecule has 38 heavy (non-hydrogen) atoms. The Labute approximate surface area is 226 Å². The molecule has 8 nitrogen and oxygen atoms in total. The van der Waals surface area contributed by atoms with Gasteiger partial charge in [0.25, 0.3) is 0 Å². The zero-order chi connectivity index (χ0) is 26.8. The van der Waals surface area contributed by atoms with Crippen LogP contribution in [-0.4, -0.2) is 79.9 Å². The minimum atomic E-state index is -0.875. The third-order valence-electron chi connectivity index (χ3n) is 8.61. The lowest BCUT2D eigenvalue weighted by molar-refractivity contribution is 0.00571. The predicted molar refractivity (Wildman–Crippen MR) is 138 cm³/mol. The third kappa shape index (κ3) is 4.57. The molecule has 2 bridgehead atoms. The number of halogens is 3. The molecule has 2 unspecified atom stereocenters. The molecule has 0 radical (unpaired) electrons. The van der Waals surface area contributed by atoms with Gasteiger partial charge >= 0.3 is 12.1 Å². The van der Waals surface area contributed by atoms with Gasteiger partial charge in [-0.1, -0.05) is 11.6 Å². The van der Waals surface area contributed by atoms with Crippen LogP contribution in [0.25, 0.3) is 10.9 Å². The van der Waals surface area contributed by atoms with Crippen molar-refractivity contribution in [3.63, 3.8) is 0 Å². The molecule has 4 aliphatic heterocycles. The molecule has 2 aromatic heterocycles. The highest BCUT2D eigenvalue weighted by molar-refractivity contribution is 6.30. The van der Waals surface area contributed by atoms with E-state index in [1.165, 1.54) is 6.20 Å². The van der Waals surface area contributed by atoms with E-state index >= 15 is 4.39 Å². The Morgan fingerprint density at radius 2 is 1.97 bits per heavy atom. The highest BCUT2D eigenvalue weighted by Crippen LogP contribution is 2.45. The van der Waals surface area contributed by atoms with Crippen molar-refractivity contribution >= 4 is 28.6 Å². The summed E-state index contributed by atoms with van der Waals surface area (Å²) in [7, 11) is 0. The minimum absolute atomic E-state index is 0.0130. The highest BCUT2D eigenvalue weighted by atomic mass is 35.5. The number of ether oxygens (including phenoxy) is 2. The molecule has 6 heterocycles. The summed E-state index contributed by atoms with van der Waals surface area (Å²) in [6, 6.07) is 0.0946. The van der Waals surface area contributed by atoms with Gasteiger partial charge in [0.2, 0.25) is 0 Å². The van der Waals surface area contributed by atoms with Gasteiger partial charge in [-0.15, -0.1) is 0 Å². The fourth-order valence-corrected chi connectivity index (χ4v) is 7.21. The zero-order valence-corrected chi connectivity index (χ0v) is 22.8. The van der Waals surface area contributed by atoms with Gasteiger partial charge < -0.3 is 14.4 Å². The minimum Gasteiger partial charge on any atom is -0.461 e. The Kier molecular flexibility index (Phi) is 6.41. The first-order valence-electron chi connectivity index (χ1n) is 13.6. The van der Waals surface area contributed by atoms with Crippen LogP contribution in [0.1, 0.15) is 77.3 Å².